The number of hydrogen-bond acceptors (Lipinski definition) is 5. The summed E-state index contributed by atoms with van der Waals surface area (Å²) in [6.45, 7) is 7.67. The standard InChI is InChI=1S/C15H25N3O2/c1-11(2)20-13-9-12(3)17-14(18-13)16-10-15(5-6-15)7-8-19-4/h9,11H,5-8,10H2,1-4H3,(H,16,17,18). The first-order chi connectivity index (χ1) is 9.53. The number of anilines is 1. The summed E-state index contributed by atoms with van der Waals surface area (Å²) >= 11 is 0. The van der Waals surface area contributed by atoms with Crippen LogP contribution in [0.3, 0.4) is 0 Å². The lowest BCUT2D eigenvalue weighted by Crippen LogP contribution is -2.19. The van der Waals surface area contributed by atoms with Gasteiger partial charge in [0.15, 0.2) is 0 Å². The summed E-state index contributed by atoms with van der Waals surface area (Å²) in [5.41, 5.74) is 1.29. The molecule has 5 heteroatoms. The van der Waals surface area contributed by atoms with Crippen molar-refractivity contribution in [2.24, 2.45) is 5.41 Å². The van der Waals surface area contributed by atoms with E-state index in [9.17, 15) is 0 Å². The molecule has 1 aliphatic rings. The van der Waals surface area contributed by atoms with Gasteiger partial charge in [-0.25, -0.2) is 4.98 Å². The first kappa shape index (κ1) is 15.0. The maximum Gasteiger partial charge on any atom is 0.226 e. The van der Waals surface area contributed by atoms with Gasteiger partial charge in [0.1, 0.15) is 0 Å². The van der Waals surface area contributed by atoms with E-state index in [2.05, 4.69) is 15.3 Å². The van der Waals surface area contributed by atoms with Crippen LogP contribution in [-0.4, -0.2) is 36.3 Å². The summed E-state index contributed by atoms with van der Waals surface area (Å²) in [4.78, 5) is 8.83. The van der Waals surface area contributed by atoms with Crippen LogP contribution in [0.5, 0.6) is 5.88 Å². The van der Waals surface area contributed by atoms with Gasteiger partial charge in [-0.15, -0.1) is 0 Å². The fourth-order valence-corrected chi connectivity index (χ4v) is 2.20. The quantitative estimate of drug-likeness (QED) is 0.793. The van der Waals surface area contributed by atoms with E-state index in [1.165, 1.54) is 12.8 Å². The monoisotopic (exact) mass is 279 g/mol. The molecule has 0 saturated heterocycles. The molecule has 0 unspecified atom stereocenters. The molecular weight excluding hydrogens is 254 g/mol. The normalized spacial score (nSPS) is 16.2. The molecule has 112 valence electrons. The van der Waals surface area contributed by atoms with E-state index in [-0.39, 0.29) is 6.10 Å². The average molecular weight is 279 g/mol. The second-order valence-corrected chi connectivity index (χ2v) is 5.93. The second-order valence-electron chi connectivity index (χ2n) is 5.93. The van der Waals surface area contributed by atoms with Crippen LogP contribution in [-0.2, 0) is 4.74 Å². The molecule has 0 atom stereocenters. The third kappa shape index (κ3) is 4.34. The van der Waals surface area contributed by atoms with Crippen molar-refractivity contribution < 1.29 is 9.47 Å². The largest absolute Gasteiger partial charge is 0.475 e. The van der Waals surface area contributed by atoms with Gasteiger partial charge in [0.05, 0.1) is 6.10 Å². The predicted octanol–water partition coefficient (Wildman–Crippen LogP) is 2.80. The maximum atomic E-state index is 5.64. The molecule has 0 spiro atoms. The zero-order valence-electron chi connectivity index (χ0n) is 12.9. The van der Waals surface area contributed by atoms with Gasteiger partial charge in [-0.1, -0.05) is 0 Å². The molecule has 20 heavy (non-hydrogen) atoms. The molecule has 0 aromatic carbocycles. The van der Waals surface area contributed by atoms with E-state index >= 15 is 0 Å². The molecule has 5 nitrogen and oxygen atoms in total. The molecule has 1 fully saturated rings. The number of nitrogens with one attached hydrogen (secondary N) is 1. The van der Waals surface area contributed by atoms with E-state index in [1.54, 1.807) is 7.11 Å². The van der Waals surface area contributed by atoms with Gasteiger partial charge in [0.25, 0.3) is 0 Å². The van der Waals surface area contributed by atoms with Gasteiger partial charge in [-0.2, -0.15) is 4.98 Å². The van der Waals surface area contributed by atoms with Gasteiger partial charge in [0.2, 0.25) is 11.8 Å². The molecule has 1 N–H and O–H groups in total. The zero-order chi connectivity index (χ0) is 14.6. The summed E-state index contributed by atoms with van der Waals surface area (Å²) in [5, 5.41) is 3.35. The van der Waals surface area contributed by atoms with Gasteiger partial charge >= 0.3 is 0 Å². The van der Waals surface area contributed by atoms with Crippen LogP contribution in [0.4, 0.5) is 5.95 Å². The number of hydrogen-bond donors (Lipinski definition) is 1. The number of rotatable bonds is 8. The Morgan fingerprint density at radius 3 is 2.70 bits per heavy atom. The number of methoxy groups -OCH3 is 1. The minimum atomic E-state index is 0.119. The Balaban J connectivity index is 1.94. The lowest BCUT2D eigenvalue weighted by Gasteiger charge is -2.16. The number of ether oxygens (including phenoxy) is 2. The lowest BCUT2D eigenvalue weighted by molar-refractivity contribution is 0.174. The Morgan fingerprint density at radius 1 is 1.35 bits per heavy atom. The van der Waals surface area contributed by atoms with Crippen molar-refractivity contribution in [3.63, 3.8) is 0 Å². The Labute approximate surface area is 121 Å². The van der Waals surface area contributed by atoms with E-state index in [0.717, 1.165) is 25.3 Å². The van der Waals surface area contributed by atoms with Crippen molar-refractivity contribution in [1.82, 2.24) is 9.97 Å². The molecule has 1 aliphatic carbocycles. The molecule has 1 saturated carbocycles. The van der Waals surface area contributed by atoms with Crippen LogP contribution in [0, 0.1) is 12.3 Å². The molecule has 1 heterocycles. The molecule has 0 radical (unpaired) electrons. The summed E-state index contributed by atoms with van der Waals surface area (Å²) in [7, 11) is 1.75. The van der Waals surface area contributed by atoms with Crippen LogP contribution in [0.2, 0.25) is 0 Å². The van der Waals surface area contributed by atoms with Crippen molar-refractivity contribution in [2.75, 3.05) is 25.6 Å². The number of nitrogens with zero attached hydrogens (tertiary/aromatic N) is 2. The summed E-state index contributed by atoms with van der Waals surface area (Å²) in [5.74, 6) is 1.29. The molecule has 1 aromatic rings. The number of aromatic nitrogens is 2. The lowest BCUT2D eigenvalue weighted by atomic mass is 10.0. The van der Waals surface area contributed by atoms with Crippen LogP contribution in [0.25, 0.3) is 0 Å². The van der Waals surface area contributed by atoms with Gasteiger partial charge in [-0.05, 0) is 45.4 Å². The van der Waals surface area contributed by atoms with Crippen LogP contribution in [0.1, 0.15) is 38.8 Å². The smallest absolute Gasteiger partial charge is 0.226 e. The molecule has 2 rings (SSSR count). The van der Waals surface area contributed by atoms with Gasteiger partial charge in [0, 0.05) is 32.0 Å². The Kier molecular flexibility index (Phi) is 4.81. The number of aryl methyl sites for hydroxylation is 1. The van der Waals surface area contributed by atoms with Crippen molar-refractivity contribution in [1.29, 1.82) is 0 Å². The van der Waals surface area contributed by atoms with Crippen molar-refractivity contribution in [3.8, 4) is 5.88 Å². The van der Waals surface area contributed by atoms with Crippen LogP contribution < -0.4 is 10.1 Å². The molecule has 0 amide bonds. The minimum Gasteiger partial charge on any atom is -0.475 e. The van der Waals surface area contributed by atoms with Crippen molar-refractivity contribution >= 4 is 5.95 Å². The predicted molar refractivity (Wildman–Crippen MR) is 79.2 cm³/mol. The highest BCUT2D eigenvalue weighted by atomic mass is 16.5. The summed E-state index contributed by atoms with van der Waals surface area (Å²) in [6.07, 6.45) is 3.72. The summed E-state index contributed by atoms with van der Waals surface area (Å²) in [6, 6.07) is 1.86. The van der Waals surface area contributed by atoms with Crippen molar-refractivity contribution in [2.45, 2.75) is 46.1 Å². The first-order valence-electron chi connectivity index (χ1n) is 7.28. The van der Waals surface area contributed by atoms with E-state index < -0.39 is 0 Å². The fourth-order valence-electron chi connectivity index (χ4n) is 2.20. The van der Waals surface area contributed by atoms with Gasteiger partial charge in [-0.3, -0.25) is 0 Å². The Morgan fingerprint density at radius 2 is 2.10 bits per heavy atom. The Bertz CT molecular complexity index is 445. The van der Waals surface area contributed by atoms with Crippen LogP contribution >= 0.6 is 0 Å². The molecule has 0 bridgehead atoms. The first-order valence-corrected chi connectivity index (χ1v) is 7.28. The van der Waals surface area contributed by atoms with Gasteiger partial charge < -0.3 is 14.8 Å². The highest BCUT2D eigenvalue weighted by Crippen LogP contribution is 2.48. The average Bonchev–Trinajstić information content (AvgIpc) is 3.13. The van der Waals surface area contributed by atoms with Crippen molar-refractivity contribution in [3.05, 3.63) is 11.8 Å². The summed E-state index contributed by atoms with van der Waals surface area (Å²) < 4.78 is 10.8. The van der Waals surface area contributed by atoms with E-state index in [1.807, 2.05) is 26.8 Å². The highest BCUT2D eigenvalue weighted by molar-refractivity contribution is 5.31. The molecule has 1 aromatic heterocycles. The van der Waals surface area contributed by atoms with E-state index in [4.69, 9.17) is 9.47 Å². The SMILES string of the molecule is COCCC1(CNc2nc(C)cc(OC(C)C)n2)CC1. The fraction of sp³-hybridized carbons (Fsp3) is 0.733. The second kappa shape index (κ2) is 6.39. The van der Waals surface area contributed by atoms with E-state index in [0.29, 0.717) is 17.2 Å². The third-order valence-corrected chi connectivity index (χ3v) is 3.60. The Hall–Kier alpha value is -1.36. The highest BCUT2D eigenvalue weighted by Gasteiger charge is 2.41. The topological polar surface area (TPSA) is 56.3 Å². The molecular formula is C15H25N3O2. The third-order valence-electron chi connectivity index (χ3n) is 3.60. The van der Waals surface area contributed by atoms with Crippen LogP contribution in [0.15, 0.2) is 6.07 Å². The maximum absolute atomic E-state index is 5.64. The molecule has 0 aliphatic heterocycles. The minimum absolute atomic E-state index is 0.119. The zero-order valence-corrected chi connectivity index (χ0v) is 12.9.